The normalized spacial score (nSPS) is 18.5. The summed E-state index contributed by atoms with van der Waals surface area (Å²) in [5.74, 6) is 0.0932. The molecule has 4 nitrogen and oxygen atoms in total. The van der Waals surface area contributed by atoms with Gasteiger partial charge in [0.2, 0.25) is 0 Å². The van der Waals surface area contributed by atoms with Gasteiger partial charge in [-0.05, 0) is 50.0 Å². The zero-order valence-corrected chi connectivity index (χ0v) is 13.5. The molecule has 0 aromatic heterocycles. The van der Waals surface area contributed by atoms with Gasteiger partial charge in [-0.1, -0.05) is 13.8 Å². The molecule has 0 saturated carbocycles. The Morgan fingerprint density at radius 1 is 1.18 bits per heavy atom. The van der Waals surface area contributed by atoms with E-state index in [-0.39, 0.29) is 5.75 Å². The molecule has 2 aliphatic rings. The van der Waals surface area contributed by atoms with Crippen LogP contribution in [0.4, 0.5) is 4.39 Å². The van der Waals surface area contributed by atoms with Crippen LogP contribution in [0, 0.1) is 5.82 Å². The van der Waals surface area contributed by atoms with E-state index in [1.54, 1.807) is 6.07 Å². The second kappa shape index (κ2) is 8.34. The number of hydrogen-bond donors (Lipinski definition) is 1. The molecule has 5 heteroatoms. The van der Waals surface area contributed by atoms with Crippen molar-refractivity contribution in [2.24, 2.45) is 0 Å². The molecule has 2 heterocycles. The lowest BCUT2D eigenvalue weighted by Gasteiger charge is -2.22. The van der Waals surface area contributed by atoms with Crippen molar-refractivity contribution in [3.8, 4) is 11.5 Å². The number of ether oxygens (including phenoxy) is 2. The maximum Gasteiger partial charge on any atom is 0.197 e. The summed E-state index contributed by atoms with van der Waals surface area (Å²) >= 11 is 0. The summed E-state index contributed by atoms with van der Waals surface area (Å²) in [6.07, 6.45) is 2.41. The molecule has 1 unspecified atom stereocenters. The molecule has 1 aromatic carbocycles. The van der Waals surface area contributed by atoms with Crippen LogP contribution in [0.5, 0.6) is 11.5 Å². The van der Waals surface area contributed by atoms with Crippen LogP contribution >= 0.6 is 0 Å². The number of nitrogens with zero attached hydrogens (tertiary/aromatic N) is 1. The van der Waals surface area contributed by atoms with Gasteiger partial charge in [0, 0.05) is 6.54 Å². The highest BCUT2D eigenvalue weighted by atomic mass is 19.1. The quantitative estimate of drug-likeness (QED) is 0.927. The van der Waals surface area contributed by atoms with Crippen LogP contribution in [0.2, 0.25) is 0 Å². The first-order valence-electron chi connectivity index (χ1n) is 8.23. The summed E-state index contributed by atoms with van der Waals surface area (Å²) < 4.78 is 24.5. The van der Waals surface area contributed by atoms with Crippen molar-refractivity contribution in [3.05, 3.63) is 23.5 Å². The van der Waals surface area contributed by atoms with Crippen LogP contribution in [0.1, 0.15) is 44.8 Å². The predicted molar refractivity (Wildman–Crippen MR) is 84.0 cm³/mol. The Morgan fingerprint density at radius 3 is 2.59 bits per heavy atom. The molecule has 1 fully saturated rings. The monoisotopic (exact) mass is 311 g/mol. The Bertz CT molecular complexity index is 475. The van der Waals surface area contributed by atoms with Crippen LogP contribution < -0.4 is 9.47 Å². The topological polar surface area (TPSA) is 41.9 Å². The van der Waals surface area contributed by atoms with Gasteiger partial charge in [-0.3, -0.25) is 0 Å². The third kappa shape index (κ3) is 4.11. The Labute approximate surface area is 131 Å². The minimum atomic E-state index is -0.666. The molecule has 0 amide bonds. The van der Waals surface area contributed by atoms with E-state index in [1.807, 2.05) is 13.8 Å². The Morgan fingerprint density at radius 2 is 1.86 bits per heavy atom. The summed E-state index contributed by atoms with van der Waals surface area (Å²) in [6, 6.07) is 3.04. The average Bonchev–Trinajstić information content (AvgIpc) is 3.08. The van der Waals surface area contributed by atoms with Gasteiger partial charge in [-0.25, -0.2) is 4.39 Å². The highest BCUT2D eigenvalue weighted by Crippen LogP contribution is 2.36. The van der Waals surface area contributed by atoms with Crippen molar-refractivity contribution in [1.29, 1.82) is 0 Å². The largest absolute Gasteiger partial charge is 0.486 e. The molecule has 0 aliphatic carbocycles. The lowest BCUT2D eigenvalue weighted by atomic mass is 10.0. The number of rotatable bonds is 4. The standard InChI is InChI=1S/C15H20FNO3.C2H6/c16-12-9-11(10-14-15(12)20-8-7-19-14)13(18)3-6-17-4-1-2-5-17;1-2/h9-10,13,18H,1-8H2;1-2H3. The molecule has 0 bridgehead atoms. The highest BCUT2D eigenvalue weighted by molar-refractivity contribution is 5.45. The zero-order chi connectivity index (χ0) is 15.9. The summed E-state index contributed by atoms with van der Waals surface area (Å²) in [6.45, 7) is 7.82. The Kier molecular flexibility index (Phi) is 6.46. The zero-order valence-electron chi connectivity index (χ0n) is 13.5. The van der Waals surface area contributed by atoms with Crippen LogP contribution in [0.3, 0.4) is 0 Å². The molecule has 22 heavy (non-hydrogen) atoms. The van der Waals surface area contributed by atoms with E-state index in [0.717, 1.165) is 19.6 Å². The Hall–Kier alpha value is -1.33. The number of aliphatic hydroxyl groups is 1. The molecule has 0 radical (unpaired) electrons. The Balaban J connectivity index is 0.000000847. The van der Waals surface area contributed by atoms with E-state index in [4.69, 9.17) is 9.47 Å². The van der Waals surface area contributed by atoms with Crippen molar-refractivity contribution in [2.45, 2.75) is 39.2 Å². The highest BCUT2D eigenvalue weighted by Gasteiger charge is 2.21. The maximum atomic E-state index is 13.9. The van der Waals surface area contributed by atoms with Gasteiger partial charge in [0.25, 0.3) is 0 Å². The fraction of sp³-hybridized carbons (Fsp3) is 0.647. The van der Waals surface area contributed by atoms with Gasteiger partial charge >= 0.3 is 0 Å². The average molecular weight is 311 g/mol. The number of likely N-dealkylation sites (tertiary alicyclic amines) is 1. The van der Waals surface area contributed by atoms with Gasteiger partial charge in [-0.2, -0.15) is 0 Å². The lowest BCUT2D eigenvalue weighted by Crippen LogP contribution is -2.22. The molecule has 124 valence electrons. The van der Waals surface area contributed by atoms with Crippen molar-refractivity contribution < 1.29 is 19.0 Å². The third-order valence-corrected chi connectivity index (χ3v) is 3.92. The SMILES string of the molecule is CC.OC(CCN1CCCC1)c1cc(F)c2c(c1)OCCO2. The van der Waals surface area contributed by atoms with E-state index < -0.39 is 11.9 Å². The van der Waals surface area contributed by atoms with Crippen LogP contribution in [-0.4, -0.2) is 42.9 Å². The van der Waals surface area contributed by atoms with Crippen LogP contribution in [-0.2, 0) is 0 Å². The first kappa shape index (κ1) is 17.0. The third-order valence-electron chi connectivity index (χ3n) is 3.92. The number of hydrogen-bond acceptors (Lipinski definition) is 4. The number of benzene rings is 1. The molecule has 2 aliphatic heterocycles. The summed E-state index contributed by atoms with van der Waals surface area (Å²) in [7, 11) is 0. The number of aliphatic hydroxyl groups excluding tert-OH is 1. The fourth-order valence-corrected chi connectivity index (χ4v) is 2.80. The van der Waals surface area contributed by atoms with Gasteiger partial charge in [-0.15, -0.1) is 0 Å². The fourth-order valence-electron chi connectivity index (χ4n) is 2.80. The molecule has 1 aromatic rings. The van der Waals surface area contributed by atoms with Crippen molar-refractivity contribution in [1.82, 2.24) is 4.90 Å². The molecular formula is C17H26FNO3. The van der Waals surface area contributed by atoms with E-state index in [0.29, 0.717) is 30.9 Å². The van der Waals surface area contributed by atoms with Crippen LogP contribution in [0.15, 0.2) is 12.1 Å². The molecule has 3 rings (SSSR count). The summed E-state index contributed by atoms with van der Waals surface area (Å²) in [5, 5.41) is 10.2. The second-order valence-corrected chi connectivity index (χ2v) is 5.38. The van der Waals surface area contributed by atoms with Gasteiger partial charge in [0.15, 0.2) is 17.3 Å². The van der Waals surface area contributed by atoms with E-state index in [9.17, 15) is 9.50 Å². The second-order valence-electron chi connectivity index (χ2n) is 5.38. The molecule has 1 atom stereocenters. The van der Waals surface area contributed by atoms with E-state index >= 15 is 0 Å². The molecular weight excluding hydrogens is 285 g/mol. The maximum absolute atomic E-state index is 13.9. The van der Waals surface area contributed by atoms with E-state index in [2.05, 4.69) is 4.90 Å². The van der Waals surface area contributed by atoms with Crippen molar-refractivity contribution in [2.75, 3.05) is 32.8 Å². The lowest BCUT2D eigenvalue weighted by molar-refractivity contribution is 0.143. The predicted octanol–water partition coefficient (Wildman–Crippen LogP) is 3.14. The van der Waals surface area contributed by atoms with Crippen molar-refractivity contribution >= 4 is 0 Å². The number of halogens is 1. The smallest absolute Gasteiger partial charge is 0.197 e. The molecule has 1 saturated heterocycles. The minimum absolute atomic E-state index is 0.159. The summed E-state index contributed by atoms with van der Waals surface area (Å²) in [5.41, 5.74) is 0.561. The molecule has 1 N–H and O–H groups in total. The first-order chi connectivity index (χ1) is 10.7. The molecule has 0 spiro atoms. The van der Waals surface area contributed by atoms with Crippen LogP contribution in [0.25, 0.3) is 0 Å². The van der Waals surface area contributed by atoms with Gasteiger partial charge in [0.1, 0.15) is 13.2 Å². The van der Waals surface area contributed by atoms with Crippen molar-refractivity contribution in [3.63, 3.8) is 0 Å². The van der Waals surface area contributed by atoms with E-state index in [1.165, 1.54) is 18.9 Å². The minimum Gasteiger partial charge on any atom is -0.486 e. The van der Waals surface area contributed by atoms with Gasteiger partial charge in [0.05, 0.1) is 6.10 Å². The number of fused-ring (bicyclic) bond motifs is 1. The van der Waals surface area contributed by atoms with Gasteiger partial charge < -0.3 is 19.5 Å². The summed E-state index contributed by atoms with van der Waals surface area (Å²) in [4.78, 5) is 2.33. The first-order valence-corrected chi connectivity index (χ1v) is 8.23.